The van der Waals surface area contributed by atoms with Gasteiger partial charge in [-0.05, 0) is 66.1 Å². The van der Waals surface area contributed by atoms with Crippen LogP contribution < -0.4 is 10.1 Å². The molecule has 1 saturated heterocycles. The fourth-order valence-corrected chi connectivity index (χ4v) is 5.28. The van der Waals surface area contributed by atoms with Crippen molar-refractivity contribution in [2.45, 2.75) is 40.0 Å². The summed E-state index contributed by atoms with van der Waals surface area (Å²) in [5.41, 5.74) is 2.52. The summed E-state index contributed by atoms with van der Waals surface area (Å²) < 4.78 is 5.16. The van der Waals surface area contributed by atoms with Crippen LogP contribution in [-0.4, -0.2) is 23.9 Å². The molecule has 142 valence electrons. The lowest BCUT2D eigenvalue weighted by atomic mass is 9.70. The van der Waals surface area contributed by atoms with Gasteiger partial charge in [-0.15, -0.1) is 5.10 Å². The molecule has 0 radical (unpaired) electrons. The van der Waals surface area contributed by atoms with Gasteiger partial charge in [-0.2, -0.15) is 5.10 Å². The maximum atomic E-state index is 12.2. The van der Waals surface area contributed by atoms with Crippen molar-refractivity contribution in [3.05, 3.63) is 34.7 Å². The molecule has 2 saturated carbocycles. The molecule has 3 aliphatic rings. The first-order chi connectivity index (χ1) is 12.8. The number of ether oxygens (including phenoxy) is 1. The number of hydrogen-bond donors (Lipinski definition) is 1. The SMILES string of the molecule is COc1ccc(/C=C2/S/C(=N/N=C3/C[C@H]4CC[C@]3(C)C4(C)C)NC2=O)cc1. The highest BCUT2D eigenvalue weighted by Gasteiger charge is 2.60. The summed E-state index contributed by atoms with van der Waals surface area (Å²) in [4.78, 5) is 12.9. The number of fused-ring (bicyclic) bond motifs is 2. The van der Waals surface area contributed by atoms with Crippen molar-refractivity contribution in [3.8, 4) is 5.75 Å². The van der Waals surface area contributed by atoms with E-state index in [1.807, 2.05) is 30.3 Å². The standard InChI is InChI=1S/C21H25N3O2S/c1-20(2)14-9-10-21(20,3)17(12-14)23-24-19-22-18(25)16(27-19)11-13-5-7-15(26-4)8-6-13/h5-8,11,14H,9-10,12H2,1-4H3,(H,22,24,25)/b16-11+,23-17-/t14-,21+/m1/s1. The fraction of sp³-hybridized carbons (Fsp3) is 0.476. The van der Waals surface area contributed by atoms with Crippen LogP contribution in [0.15, 0.2) is 39.4 Å². The van der Waals surface area contributed by atoms with Crippen molar-refractivity contribution >= 4 is 34.6 Å². The monoisotopic (exact) mass is 383 g/mol. The average Bonchev–Trinajstić information content (AvgIpc) is 3.17. The fourth-order valence-electron chi connectivity index (χ4n) is 4.51. The van der Waals surface area contributed by atoms with Crippen molar-refractivity contribution in [2.24, 2.45) is 27.0 Å². The molecule has 3 fully saturated rings. The number of amidine groups is 1. The highest BCUT2D eigenvalue weighted by atomic mass is 32.2. The lowest BCUT2D eigenvalue weighted by Gasteiger charge is -2.34. The van der Waals surface area contributed by atoms with Gasteiger partial charge in [0.1, 0.15) is 5.75 Å². The molecule has 1 aliphatic heterocycles. The molecular formula is C21H25N3O2S. The summed E-state index contributed by atoms with van der Waals surface area (Å²) in [6.45, 7) is 7.01. The molecule has 1 N–H and O–H groups in total. The first-order valence-electron chi connectivity index (χ1n) is 9.33. The Morgan fingerprint density at radius 3 is 2.56 bits per heavy atom. The Labute approximate surface area is 164 Å². The Balaban J connectivity index is 1.52. The molecule has 1 amide bonds. The van der Waals surface area contributed by atoms with E-state index in [2.05, 4.69) is 36.3 Å². The van der Waals surface area contributed by atoms with Gasteiger partial charge in [-0.25, -0.2) is 0 Å². The number of hydrogen-bond acceptors (Lipinski definition) is 5. The third-order valence-corrected chi connectivity index (χ3v) is 7.74. The number of thioether (sulfide) groups is 1. The highest BCUT2D eigenvalue weighted by Crippen LogP contribution is 2.64. The lowest BCUT2D eigenvalue weighted by Crippen LogP contribution is -2.32. The van der Waals surface area contributed by atoms with Gasteiger partial charge in [0.25, 0.3) is 5.91 Å². The van der Waals surface area contributed by atoms with Crippen LogP contribution in [0.5, 0.6) is 5.75 Å². The van der Waals surface area contributed by atoms with Gasteiger partial charge in [0.2, 0.25) is 0 Å². The molecular weight excluding hydrogens is 358 g/mol. The largest absolute Gasteiger partial charge is 0.497 e. The Morgan fingerprint density at radius 1 is 1.22 bits per heavy atom. The Kier molecular flexibility index (Phi) is 4.41. The second-order valence-electron chi connectivity index (χ2n) is 8.28. The zero-order valence-corrected chi connectivity index (χ0v) is 17.0. The molecule has 2 atom stereocenters. The number of carbonyl (C=O) groups is 1. The van der Waals surface area contributed by atoms with Gasteiger partial charge in [0, 0.05) is 11.1 Å². The summed E-state index contributed by atoms with van der Waals surface area (Å²) in [6, 6.07) is 7.60. The van der Waals surface area contributed by atoms with Gasteiger partial charge in [0.05, 0.1) is 12.0 Å². The number of nitrogens with one attached hydrogen (secondary N) is 1. The first kappa shape index (κ1) is 18.3. The van der Waals surface area contributed by atoms with Crippen molar-refractivity contribution in [2.75, 3.05) is 7.11 Å². The summed E-state index contributed by atoms with van der Waals surface area (Å²) in [5, 5.41) is 12.3. The van der Waals surface area contributed by atoms with Crippen LogP contribution in [0.3, 0.4) is 0 Å². The zero-order chi connectivity index (χ0) is 19.2. The molecule has 2 aliphatic carbocycles. The molecule has 1 aromatic rings. The molecule has 2 bridgehead atoms. The minimum atomic E-state index is -0.130. The summed E-state index contributed by atoms with van der Waals surface area (Å²) >= 11 is 1.34. The van der Waals surface area contributed by atoms with E-state index >= 15 is 0 Å². The normalized spacial score (nSPS) is 33.3. The number of benzene rings is 1. The van der Waals surface area contributed by atoms with Crippen molar-refractivity contribution in [1.82, 2.24) is 5.32 Å². The third kappa shape index (κ3) is 3.00. The minimum absolute atomic E-state index is 0.122. The van der Waals surface area contributed by atoms with Gasteiger partial charge < -0.3 is 4.74 Å². The van der Waals surface area contributed by atoms with Crippen molar-refractivity contribution < 1.29 is 9.53 Å². The minimum Gasteiger partial charge on any atom is -0.497 e. The zero-order valence-electron chi connectivity index (χ0n) is 16.2. The van der Waals surface area contributed by atoms with E-state index in [9.17, 15) is 4.79 Å². The van der Waals surface area contributed by atoms with E-state index in [-0.39, 0.29) is 16.7 Å². The average molecular weight is 384 g/mol. The van der Waals surface area contributed by atoms with E-state index in [0.717, 1.165) is 17.7 Å². The first-order valence-corrected chi connectivity index (χ1v) is 10.1. The van der Waals surface area contributed by atoms with Crippen LogP contribution in [0.1, 0.15) is 45.6 Å². The van der Waals surface area contributed by atoms with E-state index in [4.69, 9.17) is 4.74 Å². The number of carbonyl (C=O) groups excluding carboxylic acids is 1. The lowest BCUT2D eigenvalue weighted by molar-refractivity contribution is -0.115. The van der Waals surface area contributed by atoms with E-state index in [1.165, 1.54) is 30.3 Å². The predicted molar refractivity (Wildman–Crippen MR) is 111 cm³/mol. The Bertz CT molecular complexity index is 870. The van der Waals surface area contributed by atoms with Crippen LogP contribution in [0, 0.1) is 16.7 Å². The summed E-state index contributed by atoms with van der Waals surface area (Å²) in [7, 11) is 1.63. The highest BCUT2D eigenvalue weighted by molar-refractivity contribution is 8.18. The topological polar surface area (TPSA) is 63.1 Å². The van der Waals surface area contributed by atoms with E-state index < -0.39 is 0 Å². The smallest absolute Gasteiger partial charge is 0.264 e. The van der Waals surface area contributed by atoms with Crippen LogP contribution in [0.2, 0.25) is 0 Å². The van der Waals surface area contributed by atoms with Gasteiger partial charge >= 0.3 is 0 Å². The molecule has 1 heterocycles. The summed E-state index contributed by atoms with van der Waals surface area (Å²) in [6.07, 6.45) is 5.33. The number of methoxy groups -OCH3 is 1. The van der Waals surface area contributed by atoms with E-state index in [1.54, 1.807) is 7.11 Å². The maximum Gasteiger partial charge on any atom is 0.264 e. The van der Waals surface area contributed by atoms with Gasteiger partial charge in [-0.1, -0.05) is 32.9 Å². The molecule has 4 rings (SSSR count). The molecule has 5 nitrogen and oxygen atoms in total. The molecule has 0 unspecified atom stereocenters. The molecule has 0 spiro atoms. The predicted octanol–water partition coefficient (Wildman–Crippen LogP) is 4.46. The quantitative estimate of drug-likeness (QED) is 0.619. The van der Waals surface area contributed by atoms with Crippen LogP contribution in [0.25, 0.3) is 6.08 Å². The van der Waals surface area contributed by atoms with Crippen molar-refractivity contribution in [1.29, 1.82) is 0 Å². The molecule has 6 heteroatoms. The molecule has 27 heavy (non-hydrogen) atoms. The van der Waals surface area contributed by atoms with Crippen LogP contribution in [-0.2, 0) is 4.79 Å². The van der Waals surface area contributed by atoms with Crippen molar-refractivity contribution in [3.63, 3.8) is 0 Å². The summed E-state index contributed by atoms with van der Waals surface area (Å²) in [5.74, 6) is 1.35. The second kappa shape index (κ2) is 6.51. The Hall–Kier alpha value is -2.08. The Morgan fingerprint density at radius 2 is 1.96 bits per heavy atom. The number of nitrogens with zero attached hydrogens (tertiary/aromatic N) is 2. The third-order valence-electron chi connectivity index (χ3n) is 6.84. The molecule has 0 aromatic heterocycles. The number of rotatable bonds is 3. The van der Waals surface area contributed by atoms with Crippen LogP contribution in [0.4, 0.5) is 0 Å². The van der Waals surface area contributed by atoms with E-state index in [0.29, 0.717) is 16.0 Å². The van der Waals surface area contributed by atoms with Gasteiger partial charge in [0.15, 0.2) is 5.17 Å². The number of amides is 1. The maximum absolute atomic E-state index is 12.2. The van der Waals surface area contributed by atoms with Gasteiger partial charge in [-0.3, -0.25) is 10.1 Å². The second-order valence-corrected chi connectivity index (χ2v) is 9.31. The molecule has 1 aromatic carbocycles. The van der Waals surface area contributed by atoms with Crippen LogP contribution >= 0.6 is 11.8 Å².